The van der Waals surface area contributed by atoms with E-state index in [0.717, 1.165) is 0 Å². The highest BCUT2D eigenvalue weighted by atomic mass is 16.6. The van der Waals surface area contributed by atoms with Crippen molar-refractivity contribution in [3.63, 3.8) is 0 Å². The van der Waals surface area contributed by atoms with Gasteiger partial charge in [-0.15, -0.1) is 0 Å². The van der Waals surface area contributed by atoms with Gasteiger partial charge in [-0.3, -0.25) is 19.7 Å². The van der Waals surface area contributed by atoms with Crippen molar-refractivity contribution in [2.75, 3.05) is 20.2 Å². The van der Waals surface area contributed by atoms with Crippen LogP contribution in [-0.2, 0) is 0 Å². The van der Waals surface area contributed by atoms with Crippen LogP contribution in [0.5, 0.6) is 11.5 Å². The van der Waals surface area contributed by atoms with E-state index >= 15 is 0 Å². The lowest BCUT2D eigenvalue weighted by atomic mass is 9.82. The van der Waals surface area contributed by atoms with Crippen molar-refractivity contribution in [3.05, 3.63) is 63.2 Å². The second kappa shape index (κ2) is 7.44. The number of nitro groups is 1. The molecule has 0 bridgehead atoms. The highest BCUT2D eigenvalue weighted by Gasteiger charge is 2.44. The Morgan fingerprint density at radius 2 is 1.97 bits per heavy atom. The number of amides is 1. The molecule has 30 heavy (non-hydrogen) atoms. The number of methoxy groups -OCH3 is 1. The molecule has 1 fully saturated rings. The molecule has 0 aliphatic carbocycles. The highest BCUT2D eigenvalue weighted by molar-refractivity contribution is 6.01. The van der Waals surface area contributed by atoms with Gasteiger partial charge in [-0.25, -0.2) is 0 Å². The summed E-state index contributed by atoms with van der Waals surface area (Å²) in [4.78, 5) is 38.1. The van der Waals surface area contributed by atoms with Crippen LogP contribution < -0.4 is 9.47 Å². The summed E-state index contributed by atoms with van der Waals surface area (Å²) in [7, 11) is 1.55. The van der Waals surface area contributed by atoms with Gasteiger partial charge in [-0.1, -0.05) is 6.07 Å². The number of ketones is 1. The summed E-state index contributed by atoms with van der Waals surface area (Å²) in [6.45, 7) is 2.42. The van der Waals surface area contributed by atoms with E-state index in [0.29, 0.717) is 54.1 Å². The molecule has 0 N–H and O–H groups in total. The van der Waals surface area contributed by atoms with Crippen molar-refractivity contribution < 1.29 is 24.0 Å². The number of carbonyl (C=O) groups is 2. The van der Waals surface area contributed by atoms with Crippen molar-refractivity contribution in [2.24, 2.45) is 0 Å². The van der Waals surface area contributed by atoms with Crippen molar-refractivity contribution in [3.8, 4) is 11.5 Å². The average molecular weight is 410 g/mol. The van der Waals surface area contributed by atoms with Gasteiger partial charge in [0.1, 0.15) is 17.1 Å². The zero-order valence-corrected chi connectivity index (χ0v) is 16.8. The third-order valence-electron chi connectivity index (χ3n) is 5.99. The second-order valence-electron chi connectivity index (χ2n) is 7.75. The molecule has 2 aromatic rings. The van der Waals surface area contributed by atoms with Crippen LogP contribution in [0.3, 0.4) is 0 Å². The molecule has 1 saturated heterocycles. The molecule has 0 unspecified atom stereocenters. The molecule has 2 aromatic carbocycles. The van der Waals surface area contributed by atoms with Gasteiger partial charge in [-0.2, -0.15) is 0 Å². The van der Waals surface area contributed by atoms with Crippen LogP contribution >= 0.6 is 0 Å². The van der Waals surface area contributed by atoms with Crippen LogP contribution in [-0.4, -0.2) is 47.3 Å². The molecular formula is C22H22N2O6. The molecule has 2 aliphatic heterocycles. The Labute approximate surface area is 173 Å². The third-order valence-corrected chi connectivity index (χ3v) is 5.99. The minimum Gasteiger partial charge on any atom is -0.497 e. The first-order chi connectivity index (χ1) is 14.3. The maximum atomic E-state index is 13.0. The van der Waals surface area contributed by atoms with Crippen LogP contribution in [0.1, 0.15) is 45.5 Å². The van der Waals surface area contributed by atoms with E-state index in [4.69, 9.17) is 9.47 Å². The van der Waals surface area contributed by atoms with Gasteiger partial charge >= 0.3 is 0 Å². The van der Waals surface area contributed by atoms with Crippen LogP contribution in [0.15, 0.2) is 36.4 Å². The van der Waals surface area contributed by atoms with E-state index in [9.17, 15) is 19.7 Å². The average Bonchev–Trinajstić information content (AvgIpc) is 2.73. The molecule has 0 radical (unpaired) electrons. The first kappa shape index (κ1) is 19.9. The van der Waals surface area contributed by atoms with E-state index < -0.39 is 10.5 Å². The van der Waals surface area contributed by atoms with Crippen molar-refractivity contribution >= 4 is 17.4 Å². The Balaban J connectivity index is 1.50. The number of piperidine rings is 1. The summed E-state index contributed by atoms with van der Waals surface area (Å²) in [6.07, 6.45) is 1.29. The Morgan fingerprint density at radius 1 is 1.23 bits per heavy atom. The Hall–Kier alpha value is -3.42. The summed E-state index contributed by atoms with van der Waals surface area (Å²) in [5, 5.41) is 11.2. The number of ether oxygens (including phenoxy) is 2. The normalized spacial score (nSPS) is 17.3. The number of rotatable bonds is 3. The largest absolute Gasteiger partial charge is 0.497 e. The molecule has 4 rings (SSSR count). The maximum Gasteiger partial charge on any atom is 0.273 e. The lowest BCUT2D eigenvalue weighted by Crippen LogP contribution is -2.52. The summed E-state index contributed by atoms with van der Waals surface area (Å²) in [6, 6.07) is 9.72. The van der Waals surface area contributed by atoms with Gasteiger partial charge < -0.3 is 14.4 Å². The van der Waals surface area contributed by atoms with E-state index in [-0.39, 0.29) is 23.8 Å². The fraction of sp³-hybridized carbons (Fsp3) is 0.364. The topological polar surface area (TPSA) is 99.0 Å². The van der Waals surface area contributed by atoms with Crippen LogP contribution in [0.25, 0.3) is 0 Å². The zero-order valence-electron chi connectivity index (χ0n) is 16.8. The molecule has 8 nitrogen and oxygen atoms in total. The highest BCUT2D eigenvalue weighted by Crippen LogP contribution is 2.40. The molecule has 1 amide bonds. The van der Waals surface area contributed by atoms with Crippen molar-refractivity contribution in [1.29, 1.82) is 0 Å². The number of Topliss-reactive ketones (excluding diaryl/α,β-unsaturated/α-hetero) is 1. The minimum absolute atomic E-state index is 0.00413. The van der Waals surface area contributed by atoms with Gasteiger partial charge in [0.15, 0.2) is 5.78 Å². The smallest absolute Gasteiger partial charge is 0.273 e. The lowest BCUT2D eigenvalue weighted by molar-refractivity contribution is -0.385. The quantitative estimate of drug-likeness (QED) is 0.567. The fourth-order valence-corrected chi connectivity index (χ4v) is 4.22. The second-order valence-corrected chi connectivity index (χ2v) is 7.75. The summed E-state index contributed by atoms with van der Waals surface area (Å²) < 4.78 is 11.4. The third kappa shape index (κ3) is 3.38. The number of hydrogen-bond acceptors (Lipinski definition) is 6. The number of carbonyl (C=O) groups excluding carboxylic acids is 2. The van der Waals surface area contributed by atoms with Crippen molar-refractivity contribution in [1.82, 2.24) is 4.90 Å². The minimum atomic E-state index is -0.632. The van der Waals surface area contributed by atoms with Crippen LogP contribution in [0, 0.1) is 17.0 Å². The van der Waals surface area contributed by atoms with E-state index in [1.807, 2.05) is 0 Å². The SMILES string of the molecule is COc1ccc2c(c1)C(=O)CC1(CCN(C(=O)c3cccc([N+](=O)[O-])c3C)CC1)O2. The molecule has 2 aliphatic rings. The molecular weight excluding hydrogens is 388 g/mol. The molecule has 0 aromatic heterocycles. The monoisotopic (exact) mass is 410 g/mol. The number of hydrogen-bond donors (Lipinski definition) is 0. The number of nitrogens with zero attached hydrogens (tertiary/aromatic N) is 2. The predicted molar refractivity (Wildman–Crippen MR) is 108 cm³/mol. The standard InChI is InChI=1S/C22H22N2O6/c1-14-16(4-3-5-18(14)24(27)28)21(26)23-10-8-22(9-11-23)13-19(25)17-12-15(29-2)6-7-20(17)30-22/h3-7,12H,8-11,13H2,1-2H3. The molecule has 2 heterocycles. The van der Waals surface area contributed by atoms with Gasteiger partial charge in [0.25, 0.3) is 11.6 Å². The van der Waals surface area contributed by atoms with E-state index in [1.54, 1.807) is 43.2 Å². The first-order valence-corrected chi connectivity index (χ1v) is 9.77. The predicted octanol–water partition coefficient (Wildman–Crippen LogP) is 3.55. The maximum absolute atomic E-state index is 13.0. The van der Waals surface area contributed by atoms with Gasteiger partial charge in [0, 0.05) is 43.1 Å². The van der Waals surface area contributed by atoms with Gasteiger partial charge in [-0.05, 0) is 31.2 Å². The van der Waals surface area contributed by atoms with Gasteiger partial charge in [0.2, 0.25) is 0 Å². The van der Waals surface area contributed by atoms with E-state index in [1.165, 1.54) is 12.1 Å². The zero-order chi connectivity index (χ0) is 21.5. The van der Waals surface area contributed by atoms with Crippen molar-refractivity contribution in [2.45, 2.75) is 31.8 Å². The Bertz CT molecular complexity index is 1040. The summed E-state index contributed by atoms with van der Waals surface area (Å²) >= 11 is 0. The molecule has 1 spiro atoms. The number of benzene rings is 2. The Kier molecular flexibility index (Phi) is 4.93. The lowest BCUT2D eigenvalue weighted by Gasteiger charge is -2.44. The van der Waals surface area contributed by atoms with Crippen LogP contribution in [0.2, 0.25) is 0 Å². The molecule has 0 saturated carbocycles. The van der Waals surface area contributed by atoms with E-state index in [2.05, 4.69) is 0 Å². The molecule has 0 atom stereocenters. The number of likely N-dealkylation sites (tertiary alicyclic amines) is 1. The summed E-state index contributed by atoms with van der Waals surface area (Å²) in [5.74, 6) is 0.915. The number of fused-ring (bicyclic) bond motifs is 1. The summed E-state index contributed by atoms with van der Waals surface area (Å²) in [5.41, 5.74) is 0.513. The van der Waals surface area contributed by atoms with Gasteiger partial charge in [0.05, 0.1) is 24.0 Å². The first-order valence-electron chi connectivity index (χ1n) is 9.77. The molecule has 8 heteroatoms. The Morgan fingerprint density at radius 3 is 2.63 bits per heavy atom. The van der Waals surface area contributed by atoms with Crippen LogP contribution in [0.4, 0.5) is 5.69 Å². The molecule has 156 valence electrons. The number of nitro benzene ring substituents is 1. The fourth-order valence-electron chi connectivity index (χ4n) is 4.22.